The Morgan fingerprint density at radius 1 is 1.38 bits per heavy atom. The minimum Gasteiger partial charge on any atom is -0.382 e. The predicted molar refractivity (Wildman–Crippen MR) is 101 cm³/mol. The molecule has 24 heavy (non-hydrogen) atoms. The lowest BCUT2D eigenvalue weighted by atomic mass is 10.3. The number of nitrogens with one attached hydrogen (secondary N) is 2. The average molecular weight is 364 g/mol. The van der Waals surface area contributed by atoms with Gasteiger partial charge in [0.15, 0.2) is 5.82 Å². The highest BCUT2D eigenvalue weighted by molar-refractivity contribution is 7.23. The van der Waals surface area contributed by atoms with Gasteiger partial charge < -0.3 is 15.6 Å². The van der Waals surface area contributed by atoms with Gasteiger partial charge in [-0.05, 0) is 18.7 Å². The fourth-order valence-electron chi connectivity index (χ4n) is 2.72. The van der Waals surface area contributed by atoms with Crippen LogP contribution in [-0.2, 0) is 13.6 Å². The molecule has 4 rings (SSSR count). The van der Waals surface area contributed by atoms with Gasteiger partial charge in [-0.2, -0.15) is 5.10 Å². The molecule has 0 radical (unpaired) electrons. The van der Waals surface area contributed by atoms with Crippen LogP contribution in [0.25, 0.3) is 31.8 Å². The van der Waals surface area contributed by atoms with Crippen LogP contribution >= 0.6 is 23.7 Å². The lowest BCUT2D eigenvalue weighted by molar-refractivity contribution is 0.667. The SMILES string of the molecule is CCNCc1nc2c(N)nc3cc(-c4cc[nH]n4)sc3c2n1C.Cl. The number of aromatic nitrogens is 5. The largest absolute Gasteiger partial charge is 0.382 e. The number of anilines is 1. The first-order valence-electron chi connectivity index (χ1n) is 7.44. The van der Waals surface area contributed by atoms with Crippen molar-refractivity contribution in [2.24, 2.45) is 7.05 Å². The van der Waals surface area contributed by atoms with Crippen molar-refractivity contribution in [1.29, 1.82) is 0 Å². The molecule has 0 amide bonds. The fraction of sp³-hybridized carbons (Fsp3) is 0.267. The summed E-state index contributed by atoms with van der Waals surface area (Å²) in [6.07, 6.45) is 1.82. The van der Waals surface area contributed by atoms with Crippen LogP contribution in [0.15, 0.2) is 18.3 Å². The number of hydrogen-bond acceptors (Lipinski definition) is 6. The molecule has 9 heteroatoms. The standard InChI is InChI=1S/C15H17N7S.ClH/c1-3-17-7-11-20-12-13(22(11)2)14-9(19-15(12)16)6-10(23-14)8-4-5-18-21-8;/h4-6,17H,3,7H2,1-2H3,(H2,16,19)(H,18,21);1H. The lowest BCUT2D eigenvalue weighted by Gasteiger charge is -2.03. The molecule has 7 nitrogen and oxygen atoms in total. The summed E-state index contributed by atoms with van der Waals surface area (Å²) in [6, 6.07) is 3.98. The van der Waals surface area contributed by atoms with E-state index in [9.17, 15) is 0 Å². The van der Waals surface area contributed by atoms with E-state index in [2.05, 4.69) is 37.0 Å². The van der Waals surface area contributed by atoms with E-state index in [1.807, 2.05) is 25.4 Å². The Morgan fingerprint density at radius 3 is 2.92 bits per heavy atom. The van der Waals surface area contributed by atoms with E-state index >= 15 is 0 Å². The maximum absolute atomic E-state index is 6.14. The third-order valence-corrected chi connectivity index (χ3v) is 5.04. The second-order valence-corrected chi connectivity index (χ2v) is 6.40. The topological polar surface area (TPSA) is 97.4 Å². The molecular formula is C15H18ClN7S. The van der Waals surface area contributed by atoms with Crippen molar-refractivity contribution in [3.8, 4) is 10.6 Å². The van der Waals surface area contributed by atoms with Crippen LogP contribution in [0, 0.1) is 0 Å². The third kappa shape index (κ3) is 2.52. The number of halogens is 1. The maximum atomic E-state index is 6.14. The number of nitrogens with zero attached hydrogens (tertiary/aromatic N) is 4. The minimum atomic E-state index is 0. The molecule has 126 valence electrons. The van der Waals surface area contributed by atoms with Crippen LogP contribution in [0.5, 0.6) is 0 Å². The fourth-order valence-corrected chi connectivity index (χ4v) is 3.87. The van der Waals surface area contributed by atoms with Gasteiger partial charge in [-0.15, -0.1) is 23.7 Å². The molecule has 0 fully saturated rings. The number of hydrogen-bond donors (Lipinski definition) is 3. The zero-order valence-electron chi connectivity index (χ0n) is 13.3. The van der Waals surface area contributed by atoms with Gasteiger partial charge in [-0.25, -0.2) is 9.97 Å². The number of pyridine rings is 1. The van der Waals surface area contributed by atoms with Gasteiger partial charge in [0.1, 0.15) is 17.0 Å². The molecule has 0 unspecified atom stereocenters. The number of H-pyrrole nitrogens is 1. The van der Waals surface area contributed by atoms with Crippen molar-refractivity contribution < 1.29 is 0 Å². The molecule has 0 bridgehead atoms. The maximum Gasteiger partial charge on any atom is 0.152 e. The number of fused-ring (bicyclic) bond motifs is 3. The number of aromatic amines is 1. The number of nitrogens with two attached hydrogens (primary N) is 1. The van der Waals surface area contributed by atoms with Crippen LogP contribution in [0.2, 0.25) is 0 Å². The molecule has 0 spiro atoms. The summed E-state index contributed by atoms with van der Waals surface area (Å²) in [5.74, 6) is 1.43. The third-order valence-electron chi connectivity index (χ3n) is 3.89. The predicted octanol–water partition coefficient (Wildman–Crippen LogP) is 2.69. The van der Waals surface area contributed by atoms with E-state index in [0.29, 0.717) is 12.4 Å². The molecule has 0 saturated carbocycles. The van der Waals surface area contributed by atoms with E-state index in [1.54, 1.807) is 11.3 Å². The zero-order valence-corrected chi connectivity index (χ0v) is 15.0. The second-order valence-electron chi connectivity index (χ2n) is 5.35. The highest BCUT2D eigenvalue weighted by Gasteiger charge is 2.18. The highest BCUT2D eigenvalue weighted by Crippen LogP contribution is 2.37. The average Bonchev–Trinajstić information content (AvgIpc) is 3.24. The quantitative estimate of drug-likeness (QED) is 0.518. The number of nitrogen functional groups attached to an aromatic ring is 1. The van der Waals surface area contributed by atoms with Crippen LogP contribution in [-0.4, -0.2) is 31.3 Å². The van der Waals surface area contributed by atoms with Gasteiger partial charge in [-0.3, -0.25) is 5.10 Å². The van der Waals surface area contributed by atoms with E-state index < -0.39 is 0 Å². The van der Waals surface area contributed by atoms with E-state index in [0.717, 1.165) is 44.2 Å². The van der Waals surface area contributed by atoms with Gasteiger partial charge in [0.25, 0.3) is 0 Å². The summed E-state index contributed by atoms with van der Waals surface area (Å²) in [4.78, 5) is 10.3. The zero-order chi connectivity index (χ0) is 16.0. The first-order chi connectivity index (χ1) is 11.2. The minimum absolute atomic E-state index is 0. The summed E-state index contributed by atoms with van der Waals surface area (Å²) in [6.45, 7) is 3.68. The van der Waals surface area contributed by atoms with Crippen LogP contribution in [0.1, 0.15) is 12.7 Å². The summed E-state index contributed by atoms with van der Waals surface area (Å²) in [7, 11) is 2.02. The summed E-state index contributed by atoms with van der Waals surface area (Å²) < 4.78 is 3.19. The van der Waals surface area contributed by atoms with Crippen LogP contribution < -0.4 is 11.1 Å². The molecule has 0 atom stereocenters. The van der Waals surface area contributed by atoms with Crippen molar-refractivity contribution in [1.82, 2.24) is 30.0 Å². The first kappa shape index (κ1) is 16.7. The molecule has 0 aliphatic heterocycles. The number of aryl methyl sites for hydroxylation is 1. The van der Waals surface area contributed by atoms with Crippen LogP contribution in [0.4, 0.5) is 5.82 Å². The molecular weight excluding hydrogens is 346 g/mol. The Hall–Kier alpha value is -2.16. The Kier molecular flexibility index (Phi) is 4.44. The first-order valence-corrected chi connectivity index (χ1v) is 8.26. The van der Waals surface area contributed by atoms with Gasteiger partial charge >= 0.3 is 0 Å². The van der Waals surface area contributed by atoms with Crippen LogP contribution in [0.3, 0.4) is 0 Å². The molecule has 0 saturated heterocycles. The van der Waals surface area contributed by atoms with Gasteiger partial charge in [0.05, 0.1) is 27.2 Å². The Labute approximate surface area is 148 Å². The molecule has 4 aromatic heterocycles. The highest BCUT2D eigenvalue weighted by atomic mass is 35.5. The summed E-state index contributed by atoms with van der Waals surface area (Å²) in [5, 5.41) is 10.4. The monoisotopic (exact) mass is 363 g/mol. The summed E-state index contributed by atoms with van der Waals surface area (Å²) >= 11 is 1.66. The Balaban J connectivity index is 0.00000169. The number of rotatable bonds is 4. The van der Waals surface area contributed by atoms with Crippen molar-refractivity contribution in [2.45, 2.75) is 13.5 Å². The normalized spacial score (nSPS) is 11.2. The van der Waals surface area contributed by atoms with E-state index in [-0.39, 0.29) is 12.4 Å². The smallest absolute Gasteiger partial charge is 0.152 e. The van der Waals surface area contributed by atoms with Gasteiger partial charge in [0.2, 0.25) is 0 Å². The van der Waals surface area contributed by atoms with E-state index in [4.69, 9.17) is 5.73 Å². The molecule has 4 N–H and O–H groups in total. The van der Waals surface area contributed by atoms with Crippen molar-refractivity contribution in [2.75, 3.05) is 12.3 Å². The van der Waals surface area contributed by atoms with Crippen molar-refractivity contribution in [3.05, 3.63) is 24.2 Å². The van der Waals surface area contributed by atoms with Crippen molar-refractivity contribution >= 4 is 50.8 Å². The summed E-state index contributed by atoms with van der Waals surface area (Å²) in [5.41, 5.74) is 9.74. The van der Waals surface area contributed by atoms with Crippen molar-refractivity contribution in [3.63, 3.8) is 0 Å². The number of thiophene rings is 1. The lowest BCUT2D eigenvalue weighted by Crippen LogP contribution is -2.15. The molecule has 0 aliphatic carbocycles. The molecule has 4 aromatic rings. The van der Waals surface area contributed by atoms with E-state index in [1.165, 1.54) is 0 Å². The second kappa shape index (κ2) is 6.39. The Bertz CT molecular complexity index is 987. The number of imidazole rings is 1. The van der Waals surface area contributed by atoms with Gasteiger partial charge in [-0.1, -0.05) is 6.92 Å². The molecule has 0 aliphatic rings. The molecule has 4 heterocycles. The Morgan fingerprint density at radius 2 is 2.21 bits per heavy atom. The molecule has 0 aromatic carbocycles. The van der Waals surface area contributed by atoms with Gasteiger partial charge in [0, 0.05) is 13.2 Å².